The van der Waals surface area contributed by atoms with Gasteiger partial charge in [-0.05, 0) is 60.7 Å². The second-order valence-corrected chi connectivity index (χ2v) is 13.5. The van der Waals surface area contributed by atoms with Crippen LogP contribution in [-0.2, 0) is 0 Å². The van der Waals surface area contributed by atoms with Gasteiger partial charge >= 0.3 is 0 Å². The highest BCUT2D eigenvalue weighted by atomic mass is 16.3. The van der Waals surface area contributed by atoms with Crippen LogP contribution in [0.5, 0.6) is 0 Å². The Hall–Kier alpha value is -6.10. The molecular weight excluding hydrogens is 587 g/mol. The molecule has 0 radical (unpaired) electrons. The lowest BCUT2D eigenvalue weighted by atomic mass is 10.0. The van der Waals surface area contributed by atoms with E-state index in [4.69, 9.17) is 4.42 Å². The summed E-state index contributed by atoms with van der Waals surface area (Å²) >= 11 is 0. The summed E-state index contributed by atoms with van der Waals surface area (Å²) in [6.45, 7) is 0. The van der Waals surface area contributed by atoms with Crippen molar-refractivity contribution < 1.29 is 4.42 Å². The number of para-hydroxylation sites is 4. The lowest BCUT2D eigenvalue weighted by Crippen LogP contribution is -2.32. The molecule has 3 aromatic heterocycles. The Labute approximate surface area is 276 Å². The number of hydrogen-bond acceptors (Lipinski definition) is 1. The molecule has 4 heterocycles. The van der Waals surface area contributed by atoms with Crippen LogP contribution in [0.15, 0.2) is 150 Å². The maximum Gasteiger partial charge on any atom is 0.147 e. The number of aromatic nitrogens is 2. The standard InChI is InChI=1S/C44H30N3O/c1-47(2)41-24-28(46-39-17-9-5-13-31(39)32-14-6-10-18-40(32)46)19-21-33(41)34-26-44-36(25-42(34)47)35-23-27(20-22-43(35)48-44)45-37-15-7-3-11-29(37)30-12-4-8-16-38(30)45/h3-26H,1-2H3/q+1. The summed E-state index contributed by atoms with van der Waals surface area (Å²) in [7, 11) is 4.61. The molecule has 0 fully saturated rings. The Kier molecular flexibility index (Phi) is 4.90. The number of fused-ring (bicyclic) bond motifs is 12. The van der Waals surface area contributed by atoms with Crippen molar-refractivity contribution in [2.75, 3.05) is 14.1 Å². The molecule has 0 N–H and O–H groups in total. The number of rotatable bonds is 2. The van der Waals surface area contributed by atoms with Gasteiger partial charge in [-0.2, -0.15) is 0 Å². The third-order valence-electron chi connectivity index (χ3n) is 10.7. The van der Waals surface area contributed by atoms with E-state index in [1.54, 1.807) is 0 Å². The highest BCUT2D eigenvalue weighted by Gasteiger charge is 2.38. The van der Waals surface area contributed by atoms with Gasteiger partial charge in [-0.3, -0.25) is 4.48 Å². The van der Waals surface area contributed by atoms with Gasteiger partial charge in [0.15, 0.2) is 0 Å². The van der Waals surface area contributed by atoms with E-state index in [1.165, 1.54) is 71.8 Å². The monoisotopic (exact) mass is 616 g/mol. The van der Waals surface area contributed by atoms with Crippen LogP contribution >= 0.6 is 0 Å². The third kappa shape index (κ3) is 3.27. The molecule has 0 saturated heterocycles. The number of nitrogens with zero attached hydrogens (tertiary/aromatic N) is 3. The fourth-order valence-corrected chi connectivity index (χ4v) is 8.50. The van der Waals surface area contributed by atoms with E-state index >= 15 is 0 Å². The van der Waals surface area contributed by atoms with Crippen LogP contribution in [0.3, 0.4) is 0 Å². The van der Waals surface area contributed by atoms with E-state index in [9.17, 15) is 0 Å². The van der Waals surface area contributed by atoms with E-state index in [0.717, 1.165) is 27.6 Å². The van der Waals surface area contributed by atoms with E-state index in [-0.39, 0.29) is 0 Å². The summed E-state index contributed by atoms with van der Waals surface area (Å²) in [6.07, 6.45) is 0. The van der Waals surface area contributed by atoms with Crippen LogP contribution in [0, 0.1) is 0 Å². The quantitative estimate of drug-likeness (QED) is 0.177. The van der Waals surface area contributed by atoms with Gasteiger partial charge in [-0.25, -0.2) is 0 Å². The summed E-state index contributed by atoms with van der Waals surface area (Å²) in [6, 6.07) is 53.0. The van der Waals surface area contributed by atoms with Crippen molar-refractivity contribution in [3.05, 3.63) is 146 Å². The molecule has 11 rings (SSSR count). The summed E-state index contributed by atoms with van der Waals surface area (Å²) in [5.41, 5.74) is 14.1. The molecule has 1 aliphatic rings. The van der Waals surface area contributed by atoms with Crippen LogP contribution in [0.25, 0.3) is 88.1 Å². The van der Waals surface area contributed by atoms with Crippen molar-refractivity contribution in [2.45, 2.75) is 0 Å². The average molecular weight is 617 g/mol. The molecule has 0 atom stereocenters. The molecule has 10 aromatic rings. The third-order valence-corrected chi connectivity index (χ3v) is 10.7. The Morgan fingerprint density at radius 2 is 0.854 bits per heavy atom. The summed E-state index contributed by atoms with van der Waals surface area (Å²) in [5.74, 6) is 0. The second-order valence-electron chi connectivity index (χ2n) is 13.5. The van der Waals surface area contributed by atoms with Crippen molar-refractivity contribution >= 4 is 76.9 Å². The molecule has 0 aliphatic carbocycles. The van der Waals surface area contributed by atoms with Crippen LogP contribution in [0.1, 0.15) is 0 Å². The molecule has 0 saturated carbocycles. The Morgan fingerprint density at radius 3 is 1.42 bits per heavy atom. The van der Waals surface area contributed by atoms with Gasteiger partial charge in [-0.1, -0.05) is 72.8 Å². The number of hydrogen-bond donors (Lipinski definition) is 0. The minimum atomic E-state index is 0.658. The lowest BCUT2D eigenvalue weighted by Gasteiger charge is -2.25. The van der Waals surface area contributed by atoms with Crippen molar-refractivity contribution in [1.29, 1.82) is 0 Å². The minimum absolute atomic E-state index is 0.658. The fraction of sp³-hybridized carbons (Fsp3) is 0.0455. The highest BCUT2D eigenvalue weighted by Crippen LogP contribution is 2.54. The van der Waals surface area contributed by atoms with Crippen LogP contribution in [-0.4, -0.2) is 23.2 Å². The van der Waals surface area contributed by atoms with Gasteiger partial charge in [0.1, 0.15) is 22.5 Å². The van der Waals surface area contributed by atoms with Crippen LogP contribution < -0.4 is 4.48 Å². The molecule has 1 aliphatic heterocycles. The molecule has 4 heteroatoms. The Morgan fingerprint density at radius 1 is 0.396 bits per heavy atom. The molecule has 0 unspecified atom stereocenters. The van der Waals surface area contributed by atoms with E-state index in [2.05, 4.69) is 169 Å². The van der Waals surface area contributed by atoms with E-state index in [1.807, 2.05) is 0 Å². The Balaban J connectivity index is 1.10. The molecule has 226 valence electrons. The van der Waals surface area contributed by atoms with Crippen LogP contribution in [0.2, 0.25) is 0 Å². The summed E-state index contributed by atoms with van der Waals surface area (Å²) in [4.78, 5) is 0. The first-order valence-electron chi connectivity index (χ1n) is 16.5. The maximum atomic E-state index is 6.57. The minimum Gasteiger partial charge on any atom is -0.456 e. The molecule has 0 spiro atoms. The predicted octanol–water partition coefficient (Wildman–Crippen LogP) is 11.7. The molecule has 0 amide bonds. The molecular formula is C44H30N3O+. The van der Waals surface area contributed by atoms with Gasteiger partial charge in [0, 0.05) is 55.7 Å². The topological polar surface area (TPSA) is 23.0 Å². The van der Waals surface area contributed by atoms with E-state index in [0.29, 0.717) is 4.48 Å². The smallest absolute Gasteiger partial charge is 0.147 e. The van der Waals surface area contributed by atoms with Crippen LogP contribution in [0.4, 0.5) is 11.4 Å². The van der Waals surface area contributed by atoms with Crippen molar-refractivity contribution in [2.24, 2.45) is 0 Å². The van der Waals surface area contributed by atoms with Gasteiger partial charge in [-0.15, -0.1) is 0 Å². The number of furan rings is 1. The average Bonchev–Trinajstić information content (AvgIpc) is 3.82. The zero-order valence-corrected chi connectivity index (χ0v) is 26.6. The summed E-state index contributed by atoms with van der Waals surface area (Å²) < 4.78 is 12.0. The zero-order valence-electron chi connectivity index (χ0n) is 26.6. The first-order valence-corrected chi connectivity index (χ1v) is 16.5. The predicted molar refractivity (Wildman–Crippen MR) is 201 cm³/mol. The number of quaternary nitrogens is 1. The van der Waals surface area contributed by atoms with Gasteiger partial charge < -0.3 is 13.6 Å². The normalized spacial score (nSPS) is 13.8. The van der Waals surface area contributed by atoms with Gasteiger partial charge in [0.25, 0.3) is 0 Å². The number of benzene rings is 7. The van der Waals surface area contributed by atoms with Gasteiger partial charge in [0.05, 0.1) is 47.4 Å². The zero-order chi connectivity index (χ0) is 31.7. The Bertz CT molecular complexity index is 2880. The first kappa shape index (κ1) is 26.0. The first-order chi connectivity index (χ1) is 23.6. The SMILES string of the molecule is C[N+]1(C)c2cc(-n3c4ccccc4c4ccccc43)ccc2-c2cc3oc4ccc(-n5c6ccccc6c6ccccc65)cc4c3cc21. The summed E-state index contributed by atoms with van der Waals surface area (Å²) in [5, 5.41) is 7.36. The van der Waals surface area contributed by atoms with E-state index < -0.39 is 0 Å². The van der Waals surface area contributed by atoms with Crippen molar-refractivity contribution in [1.82, 2.24) is 13.6 Å². The molecule has 48 heavy (non-hydrogen) atoms. The van der Waals surface area contributed by atoms with Crippen molar-refractivity contribution in [3.8, 4) is 22.5 Å². The fourth-order valence-electron chi connectivity index (χ4n) is 8.50. The molecule has 0 bridgehead atoms. The van der Waals surface area contributed by atoms with Gasteiger partial charge in [0.2, 0.25) is 0 Å². The van der Waals surface area contributed by atoms with Crippen molar-refractivity contribution in [3.63, 3.8) is 0 Å². The molecule has 7 aromatic carbocycles. The highest BCUT2D eigenvalue weighted by molar-refractivity contribution is 6.13. The maximum absolute atomic E-state index is 6.57. The molecule has 4 nitrogen and oxygen atoms in total. The largest absolute Gasteiger partial charge is 0.456 e. The lowest BCUT2D eigenvalue weighted by molar-refractivity contribution is 0.568. The second kappa shape index (κ2) is 9.03.